The van der Waals surface area contributed by atoms with E-state index in [1.54, 1.807) is 26.0 Å². The number of carboxylic acids is 1. The van der Waals surface area contributed by atoms with Crippen molar-refractivity contribution in [3.63, 3.8) is 0 Å². The second kappa shape index (κ2) is 7.97. The average Bonchev–Trinajstić information content (AvgIpc) is 2.43. The van der Waals surface area contributed by atoms with Gasteiger partial charge >= 0.3 is 5.97 Å². The molecule has 0 bridgehead atoms. The lowest BCUT2D eigenvalue weighted by atomic mass is 9.94. The lowest BCUT2D eigenvalue weighted by Crippen LogP contribution is -2.40. The van der Waals surface area contributed by atoms with Gasteiger partial charge in [-0.1, -0.05) is 17.7 Å². The van der Waals surface area contributed by atoms with Gasteiger partial charge in [0.15, 0.2) is 0 Å². The van der Waals surface area contributed by atoms with Crippen LogP contribution in [0, 0.1) is 26.2 Å². The van der Waals surface area contributed by atoms with Crippen molar-refractivity contribution >= 4 is 21.9 Å². The third kappa shape index (κ3) is 5.82. The van der Waals surface area contributed by atoms with E-state index >= 15 is 0 Å². The molecule has 0 atom stereocenters. The summed E-state index contributed by atoms with van der Waals surface area (Å²) in [5.41, 5.74) is 1.20. The van der Waals surface area contributed by atoms with Crippen LogP contribution in [0.1, 0.15) is 37.0 Å². The van der Waals surface area contributed by atoms with Crippen LogP contribution < -0.4 is 10.0 Å². The Morgan fingerprint density at radius 2 is 1.64 bits per heavy atom. The summed E-state index contributed by atoms with van der Waals surface area (Å²) in [6, 6.07) is 3.59. The number of benzene rings is 1. The van der Waals surface area contributed by atoms with E-state index in [4.69, 9.17) is 5.11 Å². The highest BCUT2D eigenvalue weighted by molar-refractivity contribution is 7.89. The van der Waals surface area contributed by atoms with Crippen molar-refractivity contribution < 1.29 is 23.1 Å². The summed E-state index contributed by atoms with van der Waals surface area (Å²) < 4.78 is 27.3. The molecule has 0 aliphatic carbocycles. The number of amides is 1. The van der Waals surface area contributed by atoms with Crippen LogP contribution >= 0.6 is 0 Å². The Kier molecular flexibility index (Phi) is 6.73. The molecule has 0 heterocycles. The van der Waals surface area contributed by atoms with Gasteiger partial charge in [0.1, 0.15) is 0 Å². The summed E-state index contributed by atoms with van der Waals surface area (Å²) in [6.45, 7) is 8.28. The molecule has 8 heteroatoms. The third-order valence-corrected chi connectivity index (χ3v) is 5.59. The van der Waals surface area contributed by atoms with Crippen LogP contribution in [0.2, 0.25) is 0 Å². The molecule has 0 radical (unpaired) electrons. The van der Waals surface area contributed by atoms with Crippen molar-refractivity contribution in [2.75, 3.05) is 13.1 Å². The van der Waals surface area contributed by atoms with E-state index in [1.807, 2.05) is 6.92 Å². The molecule has 0 aliphatic heterocycles. The Balaban J connectivity index is 2.64. The molecule has 0 aromatic heterocycles. The van der Waals surface area contributed by atoms with Gasteiger partial charge in [0.05, 0.1) is 10.3 Å². The molecule has 3 N–H and O–H groups in total. The fourth-order valence-electron chi connectivity index (χ4n) is 2.45. The average molecular weight is 370 g/mol. The van der Waals surface area contributed by atoms with Crippen molar-refractivity contribution in [1.29, 1.82) is 0 Å². The minimum absolute atomic E-state index is 0.0237. The first-order chi connectivity index (χ1) is 11.4. The van der Waals surface area contributed by atoms with Crippen LogP contribution in [-0.4, -0.2) is 38.5 Å². The summed E-state index contributed by atoms with van der Waals surface area (Å²) in [4.78, 5) is 23.0. The zero-order valence-corrected chi connectivity index (χ0v) is 16.1. The summed E-state index contributed by atoms with van der Waals surface area (Å²) in [6.07, 6.45) is -0.0705. The molecule has 140 valence electrons. The van der Waals surface area contributed by atoms with Gasteiger partial charge in [-0.05, 0) is 45.7 Å². The number of aliphatic carboxylic acids is 1. The maximum atomic E-state index is 12.5. The molecule has 0 saturated carbocycles. The molecule has 7 nitrogen and oxygen atoms in total. The van der Waals surface area contributed by atoms with E-state index in [0.29, 0.717) is 11.1 Å². The fraction of sp³-hybridized carbons (Fsp3) is 0.529. The fourth-order valence-corrected chi connectivity index (χ4v) is 3.93. The molecular formula is C17H26N2O5S. The Hall–Kier alpha value is -1.93. The van der Waals surface area contributed by atoms with E-state index in [-0.39, 0.29) is 24.4 Å². The van der Waals surface area contributed by atoms with Crippen molar-refractivity contribution in [2.45, 2.75) is 45.9 Å². The molecule has 0 fully saturated rings. The molecule has 1 aromatic rings. The summed E-state index contributed by atoms with van der Waals surface area (Å²) >= 11 is 0. The van der Waals surface area contributed by atoms with Crippen LogP contribution in [-0.2, 0) is 19.6 Å². The Bertz CT molecular complexity index is 746. The van der Waals surface area contributed by atoms with Gasteiger partial charge in [-0.25, -0.2) is 13.1 Å². The topological polar surface area (TPSA) is 113 Å². The monoisotopic (exact) mass is 370 g/mol. The first-order valence-electron chi connectivity index (χ1n) is 7.94. The first-order valence-corrected chi connectivity index (χ1v) is 9.43. The van der Waals surface area contributed by atoms with Gasteiger partial charge in [0.25, 0.3) is 0 Å². The molecule has 0 aliphatic rings. The third-order valence-electron chi connectivity index (χ3n) is 3.82. The number of carbonyl (C=O) groups excluding carboxylic acids is 1. The maximum absolute atomic E-state index is 12.5. The number of carboxylic acid groups (broad SMARTS) is 1. The van der Waals surface area contributed by atoms with Crippen LogP contribution in [0.15, 0.2) is 17.0 Å². The van der Waals surface area contributed by atoms with Crippen molar-refractivity contribution in [2.24, 2.45) is 5.41 Å². The van der Waals surface area contributed by atoms with Gasteiger partial charge in [0, 0.05) is 19.5 Å². The zero-order valence-electron chi connectivity index (χ0n) is 15.3. The number of hydrogen-bond donors (Lipinski definition) is 3. The lowest BCUT2D eigenvalue weighted by Gasteiger charge is -2.19. The molecule has 1 aromatic carbocycles. The Morgan fingerprint density at radius 1 is 1.12 bits per heavy atom. The van der Waals surface area contributed by atoms with E-state index in [9.17, 15) is 18.0 Å². The van der Waals surface area contributed by atoms with E-state index in [2.05, 4.69) is 10.0 Å². The normalized spacial score (nSPS) is 12.0. The number of rotatable bonds is 8. The molecule has 1 rings (SSSR count). The van der Waals surface area contributed by atoms with Crippen LogP contribution in [0.25, 0.3) is 0 Å². The largest absolute Gasteiger partial charge is 0.481 e. The van der Waals surface area contributed by atoms with Crippen molar-refractivity contribution in [3.05, 3.63) is 28.8 Å². The number of aryl methyl sites for hydroxylation is 3. The second-order valence-corrected chi connectivity index (χ2v) is 8.55. The predicted molar refractivity (Wildman–Crippen MR) is 94.9 cm³/mol. The van der Waals surface area contributed by atoms with Crippen molar-refractivity contribution in [3.8, 4) is 0 Å². The van der Waals surface area contributed by atoms with Gasteiger partial charge in [-0.2, -0.15) is 0 Å². The molecule has 1 amide bonds. The van der Waals surface area contributed by atoms with Crippen LogP contribution in [0.3, 0.4) is 0 Å². The minimum Gasteiger partial charge on any atom is -0.481 e. The highest BCUT2D eigenvalue weighted by atomic mass is 32.2. The van der Waals surface area contributed by atoms with Crippen molar-refractivity contribution in [1.82, 2.24) is 10.0 Å². The van der Waals surface area contributed by atoms with Gasteiger partial charge in [0.2, 0.25) is 15.9 Å². The maximum Gasteiger partial charge on any atom is 0.310 e. The van der Waals surface area contributed by atoms with Gasteiger partial charge in [-0.3, -0.25) is 9.59 Å². The summed E-state index contributed by atoms with van der Waals surface area (Å²) in [7, 11) is -3.71. The highest BCUT2D eigenvalue weighted by Gasteiger charge is 2.27. The first kappa shape index (κ1) is 21.1. The number of hydrogen-bond acceptors (Lipinski definition) is 4. The van der Waals surface area contributed by atoms with Gasteiger partial charge < -0.3 is 10.4 Å². The molecule has 0 unspecified atom stereocenters. The number of nitrogens with one attached hydrogen (secondary N) is 2. The molecular weight excluding hydrogens is 344 g/mol. The Labute approximate surface area is 148 Å². The van der Waals surface area contributed by atoms with Crippen LogP contribution in [0.5, 0.6) is 0 Å². The molecule has 0 spiro atoms. The number of carbonyl (C=O) groups is 2. The molecule has 25 heavy (non-hydrogen) atoms. The summed E-state index contributed by atoms with van der Waals surface area (Å²) in [5.74, 6) is -1.42. The quantitative estimate of drug-likeness (QED) is 0.642. The summed E-state index contributed by atoms with van der Waals surface area (Å²) in [5, 5.41) is 11.5. The standard InChI is InChI=1S/C17H26N2O5S/c1-11-8-12(2)15(13(3)9-11)25(23,24)19-7-6-14(20)18-10-17(4,5)16(21)22/h8-9,19H,6-7,10H2,1-5H3,(H,18,20)(H,21,22). The SMILES string of the molecule is Cc1cc(C)c(S(=O)(=O)NCCC(=O)NCC(C)(C)C(=O)O)c(C)c1. The van der Waals surface area contributed by atoms with Crippen LogP contribution in [0.4, 0.5) is 0 Å². The minimum atomic E-state index is -3.71. The van der Waals surface area contributed by atoms with E-state index < -0.39 is 27.3 Å². The lowest BCUT2D eigenvalue weighted by molar-refractivity contribution is -0.146. The second-order valence-electron chi connectivity index (χ2n) is 6.84. The Morgan fingerprint density at radius 3 is 2.12 bits per heavy atom. The van der Waals surface area contributed by atoms with Gasteiger partial charge in [-0.15, -0.1) is 0 Å². The zero-order chi connectivity index (χ0) is 19.4. The smallest absolute Gasteiger partial charge is 0.310 e. The van der Waals surface area contributed by atoms with E-state index in [0.717, 1.165) is 5.56 Å². The molecule has 0 saturated heterocycles. The predicted octanol–water partition coefficient (Wildman–Crippen LogP) is 1.51. The van der Waals surface area contributed by atoms with E-state index in [1.165, 1.54) is 13.8 Å². The highest BCUT2D eigenvalue weighted by Crippen LogP contribution is 2.21. The number of sulfonamides is 1.